The van der Waals surface area contributed by atoms with E-state index in [4.69, 9.17) is 5.73 Å². The van der Waals surface area contributed by atoms with Crippen molar-refractivity contribution in [3.8, 4) is 0 Å². The molecule has 0 heterocycles. The summed E-state index contributed by atoms with van der Waals surface area (Å²) in [5.41, 5.74) is 7.35. The lowest BCUT2D eigenvalue weighted by molar-refractivity contribution is -0.129. The van der Waals surface area contributed by atoms with Crippen molar-refractivity contribution in [1.82, 2.24) is 5.32 Å². The SMILES string of the molecule is CCC(=O)CC(CCCCCC(=O)C(N)CSC)C(=O)NC(=O)c1ccc(CC)cc1. The summed E-state index contributed by atoms with van der Waals surface area (Å²) < 4.78 is 0. The second-order valence-corrected chi connectivity index (χ2v) is 8.70. The average molecular weight is 449 g/mol. The molecule has 0 bridgehead atoms. The van der Waals surface area contributed by atoms with E-state index in [2.05, 4.69) is 5.32 Å². The number of imide groups is 1. The monoisotopic (exact) mass is 448 g/mol. The van der Waals surface area contributed by atoms with Gasteiger partial charge in [0, 0.05) is 36.5 Å². The maximum absolute atomic E-state index is 12.7. The molecule has 0 aliphatic heterocycles. The van der Waals surface area contributed by atoms with Crippen molar-refractivity contribution in [2.45, 2.75) is 71.3 Å². The molecule has 1 aromatic rings. The number of benzene rings is 1. The van der Waals surface area contributed by atoms with Gasteiger partial charge in [0.15, 0.2) is 0 Å². The predicted molar refractivity (Wildman–Crippen MR) is 126 cm³/mol. The first kappa shape index (κ1) is 27.0. The third-order valence-corrected chi connectivity index (χ3v) is 6.03. The zero-order chi connectivity index (χ0) is 23.2. The number of ketones is 2. The van der Waals surface area contributed by atoms with Crippen LogP contribution in [0, 0.1) is 5.92 Å². The van der Waals surface area contributed by atoms with Gasteiger partial charge in [-0.1, -0.05) is 38.8 Å². The van der Waals surface area contributed by atoms with Crippen LogP contribution < -0.4 is 11.1 Å². The highest BCUT2D eigenvalue weighted by atomic mass is 32.2. The Balaban J connectivity index is 2.56. The number of hydrogen-bond donors (Lipinski definition) is 2. The third kappa shape index (κ3) is 10.2. The number of rotatable bonds is 15. The maximum atomic E-state index is 12.7. The van der Waals surface area contributed by atoms with E-state index in [9.17, 15) is 19.2 Å². The summed E-state index contributed by atoms with van der Waals surface area (Å²) in [6, 6.07) is 6.71. The van der Waals surface area contributed by atoms with Gasteiger partial charge in [0.05, 0.1) is 6.04 Å². The lowest BCUT2D eigenvalue weighted by Crippen LogP contribution is -2.36. The van der Waals surface area contributed by atoms with Gasteiger partial charge in [0.2, 0.25) is 5.91 Å². The summed E-state index contributed by atoms with van der Waals surface area (Å²) in [7, 11) is 0. The van der Waals surface area contributed by atoms with Crippen LogP contribution in [0.25, 0.3) is 0 Å². The Bertz CT molecular complexity index is 734. The molecule has 1 rings (SSSR count). The Labute approximate surface area is 190 Å². The van der Waals surface area contributed by atoms with Crippen molar-refractivity contribution in [1.29, 1.82) is 0 Å². The molecule has 0 aliphatic carbocycles. The van der Waals surface area contributed by atoms with E-state index in [1.165, 1.54) is 0 Å². The van der Waals surface area contributed by atoms with E-state index in [1.54, 1.807) is 30.8 Å². The number of Topliss-reactive ketones (excluding diaryl/α,β-unsaturated/α-hetero) is 2. The standard InChI is InChI=1S/C24H36N2O4S/c1-4-17-11-13-18(14-12-17)23(29)26-24(30)19(15-20(27)5-2)9-7-6-8-10-22(28)21(25)16-31-3/h11-14,19,21H,4-10,15-16,25H2,1-3H3,(H,26,29,30). The van der Waals surface area contributed by atoms with Gasteiger partial charge in [0.1, 0.15) is 11.6 Å². The molecular formula is C24H36N2O4S. The summed E-state index contributed by atoms with van der Waals surface area (Å²) in [4.78, 5) is 49.0. The normalized spacial score (nSPS) is 12.8. The molecule has 3 N–H and O–H groups in total. The zero-order valence-corrected chi connectivity index (χ0v) is 19.8. The molecule has 0 spiro atoms. The molecule has 6 nitrogen and oxygen atoms in total. The van der Waals surface area contributed by atoms with E-state index in [0.29, 0.717) is 43.4 Å². The van der Waals surface area contributed by atoms with E-state index in [1.807, 2.05) is 25.3 Å². The smallest absolute Gasteiger partial charge is 0.257 e. The Hall–Kier alpha value is -1.99. The molecule has 0 aliphatic rings. The molecule has 2 unspecified atom stereocenters. The minimum atomic E-state index is -0.541. The molecule has 0 saturated carbocycles. The van der Waals surface area contributed by atoms with E-state index < -0.39 is 23.8 Å². The first-order valence-electron chi connectivity index (χ1n) is 11.0. The molecular weight excluding hydrogens is 412 g/mol. The number of carbonyl (C=O) groups is 4. The molecule has 2 atom stereocenters. The van der Waals surface area contributed by atoms with Crippen LogP contribution in [-0.2, 0) is 20.8 Å². The summed E-state index contributed by atoms with van der Waals surface area (Å²) in [5, 5.41) is 2.45. The van der Waals surface area contributed by atoms with Gasteiger partial charge in [-0.25, -0.2) is 0 Å². The highest BCUT2D eigenvalue weighted by Crippen LogP contribution is 2.17. The van der Waals surface area contributed by atoms with Crippen LogP contribution in [0.1, 0.15) is 74.7 Å². The van der Waals surface area contributed by atoms with Gasteiger partial charge < -0.3 is 5.73 Å². The van der Waals surface area contributed by atoms with E-state index in [0.717, 1.165) is 18.4 Å². The van der Waals surface area contributed by atoms with Crippen molar-refractivity contribution in [3.63, 3.8) is 0 Å². The Morgan fingerprint density at radius 3 is 2.29 bits per heavy atom. The summed E-state index contributed by atoms with van der Waals surface area (Å²) >= 11 is 1.55. The van der Waals surface area contributed by atoms with Gasteiger partial charge in [0.25, 0.3) is 5.91 Å². The van der Waals surface area contributed by atoms with Crippen LogP contribution in [0.2, 0.25) is 0 Å². The number of nitrogens with two attached hydrogens (primary N) is 1. The molecule has 7 heteroatoms. The van der Waals surface area contributed by atoms with Crippen LogP contribution in [-0.4, -0.2) is 41.4 Å². The molecule has 0 fully saturated rings. The first-order valence-corrected chi connectivity index (χ1v) is 12.4. The molecule has 0 aromatic heterocycles. The van der Waals surface area contributed by atoms with Crippen molar-refractivity contribution < 1.29 is 19.2 Å². The largest absolute Gasteiger partial charge is 0.321 e. The number of nitrogens with one attached hydrogen (secondary N) is 1. The fourth-order valence-corrected chi connectivity index (χ4v) is 3.79. The fraction of sp³-hybridized carbons (Fsp3) is 0.583. The summed E-state index contributed by atoms with van der Waals surface area (Å²) in [6.45, 7) is 3.80. The van der Waals surface area contributed by atoms with E-state index in [-0.39, 0.29) is 18.0 Å². The number of unbranched alkanes of at least 4 members (excludes halogenated alkanes) is 2. The molecule has 0 saturated heterocycles. The van der Waals surface area contributed by atoms with Gasteiger partial charge in [-0.3, -0.25) is 24.5 Å². The van der Waals surface area contributed by atoms with Gasteiger partial charge >= 0.3 is 0 Å². The maximum Gasteiger partial charge on any atom is 0.257 e. The molecule has 31 heavy (non-hydrogen) atoms. The van der Waals surface area contributed by atoms with Crippen LogP contribution in [0.15, 0.2) is 24.3 Å². The molecule has 1 aromatic carbocycles. The number of thioether (sulfide) groups is 1. The van der Waals surface area contributed by atoms with Gasteiger partial charge in [-0.2, -0.15) is 11.8 Å². The quantitative estimate of drug-likeness (QED) is 0.396. The molecule has 2 amide bonds. The van der Waals surface area contributed by atoms with Crippen LogP contribution in [0.5, 0.6) is 0 Å². The van der Waals surface area contributed by atoms with Crippen molar-refractivity contribution in [2.75, 3.05) is 12.0 Å². The Morgan fingerprint density at radius 2 is 1.71 bits per heavy atom. The summed E-state index contributed by atoms with van der Waals surface area (Å²) in [5.74, 6) is -0.724. The lowest BCUT2D eigenvalue weighted by atomic mass is 9.93. The lowest BCUT2D eigenvalue weighted by Gasteiger charge is -2.16. The highest BCUT2D eigenvalue weighted by molar-refractivity contribution is 7.98. The Morgan fingerprint density at radius 1 is 1.03 bits per heavy atom. The minimum Gasteiger partial charge on any atom is -0.321 e. The topological polar surface area (TPSA) is 106 Å². The van der Waals surface area contributed by atoms with Gasteiger partial charge in [-0.05, 0) is 43.2 Å². The zero-order valence-electron chi connectivity index (χ0n) is 18.9. The number of amides is 2. The first-order chi connectivity index (χ1) is 14.8. The van der Waals surface area contributed by atoms with Crippen LogP contribution in [0.3, 0.4) is 0 Å². The fourth-order valence-electron chi connectivity index (χ4n) is 3.25. The highest BCUT2D eigenvalue weighted by Gasteiger charge is 2.23. The van der Waals surface area contributed by atoms with Crippen molar-refractivity contribution in [3.05, 3.63) is 35.4 Å². The van der Waals surface area contributed by atoms with Crippen molar-refractivity contribution in [2.24, 2.45) is 11.7 Å². The number of hydrogen-bond acceptors (Lipinski definition) is 6. The van der Waals surface area contributed by atoms with Crippen molar-refractivity contribution >= 4 is 35.1 Å². The molecule has 172 valence electrons. The van der Waals surface area contributed by atoms with Crippen LogP contribution in [0.4, 0.5) is 0 Å². The number of carbonyl (C=O) groups excluding carboxylic acids is 4. The minimum absolute atomic E-state index is 0.00175. The summed E-state index contributed by atoms with van der Waals surface area (Å²) in [6.07, 6.45) is 6.40. The van der Waals surface area contributed by atoms with Crippen LogP contribution >= 0.6 is 11.8 Å². The Kier molecular flexibility index (Phi) is 13.0. The second kappa shape index (κ2) is 14.9. The second-order valence-electron chi connectivity index (χ2n) is 7.79. The van der Waals surface area contributed by atoms with E-state index >= 15 is 0 Å². The number of aryl methyl sites for hydroxylation is 1. The predicted octanol–water partition coefficient (Wildman–Crippen LogP) is 3.70. The van der Waals surface area contributed by atoms with Gasteiger partial charge in [-0.15, -0.1) is 0 Å². The molecule has 0 radical (unpaired) electrons. The average Bonchev–Trinajstić information content (AvgIpc) is 2.77. The third-order valence-electron chi connectivity index (χ3n) is 5.34.